The van der Waals surface area contributed by atoms with E-state index < -0.39 is 6.04 Å². The summed E-state index contributed by atoms with van der Waals surface area (Å²) in [6.07, 6.45) is 5.56. The Morgan fingerprint density at radius 3 is 2.62 bits per heavy atom. The first-order chi connectivity index (χ1) is 15.7. The van der Waals surface area contributed by atoms with E-state index in [1.807, 2.05) is 54.6 Å². The number of nitrogens with one attached hydrogen (secondary N) is 3. The highest BCUT2D eigenvalue weighted by Gasteiger charge is 2.15. The molecule has 0 bridgehead atoms. The number of rotatable bonds is 8. The van der Waals surface area contributed by atoms with Crippen molar-refractivity contribution in [3.05, 3.63) is 83.8 Å². The van der Waals surface area contributed by atoms with Crippen LogP contribution in [0.2, 0.25) is 0 Å². The van der Waals surface area contributed by atoms with E-state index in [2.05, 4.69) is 25.8 Å². The average Bonchev–Trinajstić information content (AvgIpc) is 3.24. The molecule has 0 aliphatic carbocycles. The molecule has 4 rings (SSSR count). The van der Waals surface area contributed by atoms with Gasteiger partial charge in [-0.2, -0.15) is 5.10 Å². The molecule has 5 N–H and O–H groups in total. The summed E-state index contributed by atoms with van der Waals surface area (Å²) < 4.78 is 0. The first-order valence-electron chi connectivity index (χ1n) is 10.1. The van der Waals surface area contributed by atoms with Gasteiger partial charge in [-0.3, -0.25) is 14.9 Å². The highest BCUT2D eigenvalue weighted by molar-refractivity contribution is 6.01. The fourth-order valence-corrected chi connectivity index (χ4v) is 3.24. The number of benzene rings is 2. The van der Waals surface area contributed by atoms with Crippen LogP contribution in [0, 0.1) is 0 Å². The number of amides is 1. The van der Waals surface area contributed by atoms with Crippen molar-refractivity contribution < 1.29 is 15.0 Å². The van der Waals surface area contributed by atoms with E-state index in [9.17, 15) is 15.0 Å². The third kappa shape index (κ3) is 4.83. The summed E-state index contributed by atoms with van der Waals surface area (Å²) in [6, 6.07) is 17.8. The summed E-state index contributed by atoms with van der Waals surface area (Å²) in [6.45, 7) is -0.684. The fraction of sp³-hybridized carbons (Fsp3) is 0.125. The van der Waals surface area contributed by atoms with Crippen LogP contribution < -0.4 is 10.6 Å². The second-order valence-electron chi connectivity index (χ2n) is 7.16. The first kappa shape index (κ1) is 21.2. The zero-order valence-corrected chi connectivity index (χ0v) is 17.2. The van der Waals surface area contributed by atoms with Crippen LogP contribution >= 0.6 is 0 Å². The van der Waals surface area contributed by atoms with Crippen molar-refractivity contribution in [1.29, 1.82) is 0 Å². The van der Waals surface area contributed by atoms with Gasteiger partial charge in [-0.05, 0) is 54.6 Å². The maximum atomic E-state index is 12.6. The van der Waals surface area contributed by atoms with Crippen LogP contribution in [0.1, 0.15) is 21.7 Å². The third-order valence-electron chi connectivity index (χ3n) is 4.92. The van der Waals surface area contributed by atoms with Crippen LogP contribution in [0.15, 0.2) is 66.9 Å². The molecule has 2 heterocycles. The molecule has 0 fully saturated rings. The van der Waals surface area contributed by atoms with Crippen LogP contribution in [0.3, 0.4) is 0 Å². The molecule has 0 aliphatic heterocycles. The molecule has 32 heavy (non-hydrogen) atoms. The Bertz CT molecular complexity index is 1230. The largest absolute Gasteiger partial charge is 0.394 e. The number of fused-ring (bicyclic) bond motifs is 1. The Balaban J connectivity index is 1.55. The number of hydrogen-bond donors (Lipinski definition) is 5. The molecule has 0 atom stereocenters. The maximum Gasteiger partial charge on any atom is 0.253 e. The summed E-state index contributed by atoms with van der Waals surface area (Å²) in [4.78, 5) is 16.9. The van der Waals surface area contributed by atoms with Crippen molar-refractivity contribution in [3.8, 4) is 0 Å². The minimum absolute atomic E-state index is 0.342. The number of aromatic amines is 1. The minimum atomic E-state index is -0.713. The van der Waals surface area contributed by atoms with Crippen LogP contribution in [0.5, 0.6) is 0 Å². The van der Waals surface area contributed by atoms with E-state index in [0.717, 1.165) is 28.0 Å². The van der Waals surface area contributed by atoms with Gasteiger partial charge < -0.3 is 20.8 Å². The van der Waals surface area contributed by atoms with Gasteiger partial charge in [0.1, 0.15) is 0 Å². The molecular weight excluding hydrogens is 406 g/mol. The third-order valence-corrected chi connectivity index (χ3v) is 4.92. The molecule has 2 aromatic heterocycles. The number of hydrogen-bond acceptors (Lipinski definition) is 6. The second-order valence-corrected chi connectivity index (χ2v) is 7.16. The molecule has 8 nitrogen and oxygen atoms in total. The Labute approximate surface area is 184 Å². The number of nitrogens with zero attached hydrogens (tertiary/aromatic N) is 2. The number of para-hydroxylation sites is 1. The Kier molecular flexibility index (Phi) is 6.54. The topological polar surface area (TPSA) is 123 Å². The SMILES string of the molecule is O=C(NC(CO)CO)c1ccccc1Nc1ccc2c(/C=C/c3ccccn3)n[nH]c2c1. The summed E-state index contributed by atoms with van der Waals surface area (Å²) in [5.74, 6) is -0.384. The number of H-pyrrole nitrogens is 1. The molecule has 0 spiro atoms. The van der Waals surface area contributed by atoms with Gasteiger partial charge in [-0.15, -0.1) is 0 Å². The monoisotopic (exact) mass is 429 g/mol. The smallest absolute Gasteiger partial charge is 0.253 e. The number of aliphatic hydroxyl groups is 2. The number of aromatic nitrogens is 3. The van der Waals surface area contributed by atoms with Crippen molar-refractivity contribution in [2.24, 2.45) is 0 Å². The van der Waals surface area contributed by atoms with Crippen molar-refractivity contribution in [2.75, 3.05) is 18.5 Å². The van der Waals surface area contributed by atoms with E-state index in [1.165, 1.54) is 0 Å². The van der Waals surface area contributed by atoms with Crippen LogP contribution in [0.4, 0.5) is 11.4 Å². The van der Waals surface area contributed by atoms with Crippen molar-refractivity contribution in [1.82, 2.24) is 20.5 Å². The molecule has 0 saturated carbocycles. The average molecular weight is 429 g/mol. The summed E-state index contributed by atoms with van der Waals surface area (Å²) >= 11 is 0. The minimum Gasteiger partial charge on any atom is -0.394 e. The van der Waals surface area contributed by atoms with Crippen molar-refractivity contribution in [2.45, 2.75) is 6.04 Å². The summed E-state index contributed by atoms with van der Waals surface area (Å²) in [5.41, 5.74) is 4.29. The highest BCUT2D eigenvalue weighted by Crippen LogP contribution is 2.26. The van der Waals surface area contributed by atoms with Gasteiger partial charge in [0.05, 0.1) is 47.4 Å². The molecule has 162 valence electrons. The van der Waals surface area contributed by atoms with Gasteiger partial charge >= 0.3 is 0 Å². The quantitative estimate of drug-likeness (QED) is 0.293. The molecule has 1 amide bonds. The van der Waals surface area contributed by atoms with Crippen molar-refractivity contribution in [3.63, 3.8) is 0 Å². The zero-order valence-electron chi connectivity index (χ0n) is 17.2. The fourth-order valence-electron chi connectivity index (χ4n) is 3.24. The Hall–Kier alpha value is -4.01. The first-order valence-corrected chi connectivity index (χ1v) is 10.1. The lowest BCUT2D eigenvalue weighted by molar-refractivity contribution is 0.0880. The molecular formula is C24H23N5O3. The van der Waals surface area contributed by atoms with Gasteiger partial charge in [-0.25, -0.2) is 0 Å². The lowest BCUT2D eigenvalue weighted by Crippen LogP contribution is -2.40. The molecule has 0 radical (unpaired) electrons. The van der Waals surface area contributed by atoms with Gasteiger partial charge in [0.2, 0.25) is 0 Å². The van der Waals surface area contributed by atoms with E-state index >= 15 is 0 Å². The summed E-state index contributed by atoms with van der Waals surface area (Å²) in [5, 5.41) is 32.7. The Morgan fingerprint density at radius 2 is 1.84 bits per heavy atom. The molecule has 8 heteroatoms. The number of carbonyl (C=O) groups excluding carboxylic acids is 1. The van der Waals surface area contributed by atoms with Gasteiger partial charge in [0.25, 0.3) is 5.91 Å². The van der Waals surface area contributed by atoms with Gasteiger partial charge in [0, 0.05) is 17.3 Å². The molecule has 0 unspecified atom stereocenters. The Morgan fingerprint density at radius 1 is 1.03 bits per heavy atom. The molecule has 4 aromatic rings. The van der Waals surface area contributed by atoms with Crippen molar-refractivity contribution >= 4 is 40.3 Å². The van der Waals surface area contributed by atoms with E-state index in [-0.39, 0.29) is 19.1 Å². The number of carbonyl (C=O) groups is 1. The number of anilines is 2. The normalized spacial score (nSPS) is 11.3. The standard InChI is InChI=1S/C24H23N5O3/c30-14-18(15-31)27-24(32)20-6-1-2-7-21(20)26-17-8-10-19-22(28-29-23(19)13-17)11-9-16-5-3-4-12-25-16/h1-13,18,26,30-31H,14-15H2,(H,27,32)(H,28,29)/b11-9+. The molecule has 0 aliphatic rings. The second kappa shape index (κ2) is 9.86. The predicted molar refractivity (Wildman–Crippen MR) is 124 cm³/mol. The summed E-state index contributed by atoms with van der Waals surface area (Å²) in [7, 11) is 0. The highest BCUT2D eigenvalue weighted by atomic mass is 16.3. The lowest BCUT2D eigenvalue weighted by Gasteiger charge is -2.16. The number of aliphatic hydroxyl groups excluding tert-OH is 2. The lowest BCUT2D eigenvalue weighted by atomic mass is 10.1. The van der Waals surface area contributed by atoms with E-state index in [4.69, 9.17) is 0 Å². The number of pyridine rings is 1. The van der Waals surface area contributed by atoms with E-state index in [1.54, 1.807) is 24.4 Å². The van der Waals surface area contributed by atoms with E-state index in [0.29, 0.717) is 11.3 Å². The van der Waals surface area contributed by atoms with Crippen LogP contribution in [-0.4, -0.2) is 50.6 Å². The molecule has 0 saturated heterocycles. The van der Waals surface area contributed by atoms with Crippen LogP contribution in [-0.2, 0) is 0 Å². The van der Waals surface area contributed by atoms with Gasteiger partial charge in [-0.1, -0.05) is 18.2 Å². The maximum absolute atomic E-state index is 12.6. The van der Waals surface area contributed by atoms with Crippen LogP contribution in [0.25, 0.3) is 23.1 Å². The molecule has 2 aromatic carbocycles. The zero-order chi connectivity index (χ0) is 22.3. The predicted octanol–water partition coefficient (Wildman–Crippen LogP) is 2.95. The van der Waals surface area contributed by atoms with Gasteiger partial charge in [0.15, 0.2) is 0 Å².